The Kier molecular flexibility index (Phi) is 4.19. The Labute approximate surface area is 143 Å². The van der Waals surface area contributed by atoms with E-state index in [1.54, 1.807) is 0 Å². The molecule has 11 heteroatoms. The lowest BCUT2D eigenvalue weighted by atomic mass is 9.99. The minimum absolute atomic E-state index is 0.147. The molecule has 8 nitrogen and oxygen atoms in total. The van der Waals surface area contributed by atoms with E-state index in [0.717, 1.165) is 10.8 Å². The third-order valence-corrected chi connectivity index (χ3v) is 4.37. The normalized spacial score (nSPS) is 29.6. The van der Waals surface area contributed by atoms with E-state index in [-0.39, 0.29) is 17.0 Å². The van der Waals surface area contributed by atoms with Gasteiger partial charge in [-0.2, -0.15) is 4.98 Å². The molecule has 0 bridgehead atoms. The first-order chi connectivity index (χ1) is 11.3. The summed E-state index contributed by atoms with van der Waals surface area (Å²) in [5.41, 5.74) is 4.56. The van der Waals surface area contributed by atoms with Crippen LogP contribution >= 0.6 is 23.2 Å². The molecule has 0 radical (unpaired) electrons. The number of H-pyrrole nitrogens is 1. The Morgan fingerprint density at radius 3 is 2.96 bits per heavy atom. The number of aliphatic hydroxyl groups excluding tert-OH is 2. The summed E-state index contributed by atoms with van der Waals surface area (Å²) in [5.74, 6) is 1.26. The van der Waals surface area contributed by atoms with E-state index < -0.39 is 41.3 Å². The number of anilines is 1. The van der Waals surface area contributed by atoms with Crippen LogP contribution < -0.4 is 11.3 Å². The van der Waals surface area contributed by atoms with E-state index in [0.29, 0.717) is 0 Å². The molecule has 0 amide bonds. The largest absolute Gasteiger partial charge is 0.394 e. The van der Waals surface area contributed by atoms with Crippen molar-refractivity contribution in [3.63, 3.8) is 0 Å². The van der Waals surface area contributed by atoms with Crippen LogP contribution in [-0.2, 0) is 4.74 Å². The van der Waals surface area contributed by atoms with Crippen molar-refractivity contribution in [1.29, 1.82) is 0 Å². The summed E-state index contributed by atoms with van der Waals surface area (Å²) >= 11 is 11.8. The number of halogens is 3. The van der Waals surface area contributed by atoms with E-state index in [2.05, 4.69) is 21.3 Å². The minimum atomic E-state index is -1.80. The van der Waals surface area contributed by atoms with Crippen LogP contribution in [0.15, 0.2) is 11.0 Å². The minimum Gasteiger partial charge on any atom is -0.394 e. The summed E-state index contributed by atoms with van der Waals surface area (Å²) in [4.78, 5) is 16.1. The molecule has 0 spiro atoms. The van der Waals surface area contributed by atoms with Crippen LogP contribution in [-0.4, -0.2) is 48.4 Å². The molecule has 3 heterocycles. The zero-order valence-corrected chi connectivity index (χ0v) is 13.3. The fourth-order valence-electron chi connectivity index (χ4n) is 2.68. The van der Waals surface area contributed by atoms with Crippen LogP contribution in [0.1, 0.15) is 6.23 Å². The summed E-state index contributed by atoms with van der Waals surface area (Å²) in [7, 11) is 0. The van der Waals surface area contributed by atoms with Crippen molar-refractivity contribution >= 4 is 40.2 Å². The van der Waals surface area contributed by atoms with E-state index in [4.69, 9.17) is 33.7 Å². The molecule has 4 atom stereocenters. The summed E-state index contributed by atoms with van der Waals surface area (Å²) < 4.78 is 20.7. The number of nitrogens with one attached hydrogen (secondary N) is 1. The average molecular weight is 377 g/mol. The Morgan fingerprint density at radius 2 is 2.33 bits per heavy atom. The Morgan fingerprint density at radius 1 is 1.62 bits per heavy atom. The molecular weight excluding hydrogens is 366 g/mol. The zero-order chi connectivity index (χ0) is 17.6. The highest BCUT2D eigenvalue weighted by Gasteiger charge is 2.56. The van der Waals surface area contributed by atoms with Gasteiger partial charge in [-0.3, -0.25) is 14.3 Å². The van der Waals surface area contributed by atoms with Gasteiger partial charge in [-0.05, 0) is 11.6 Å². The topological polar surface area (TPSA) is 126 Å². The van der Waals surface area contributed by atoms with Crippen molar-refractivity contribution in [1.82, 2.24) is 14.5 Å². The first-order valence-electron chi connectivity index (χ1n) is 6.65. The first-order valence-corrected chi connectivity index (χ1v) is 7.41. The highest BCUT2D eigenvalue weighted by molar-refractivity contribution is 6.32. The Hall–Kier alpha value is -1.83. The number of hydrogen-bond donors (Lipinski definition) is 4. The molecule has 0 aromatic carbocycles. The van der Waals surface area contributed by atoms with Crippen LogP contribution in [0.3, 0.4) is 0 Å². The van der Waals surface area contributed by atoms with E-state index >= 15 is 0 Å². The SMILES string of the molecule is Nc1nc2c(c(F)cn2[C@@H]2O[C@H](CO)[C@H](O)C2(Cl)C#CCl)c(=O)[nH]1. The van der Waals surface area contributed by atoms with Crippen molar-refractivity contribution in [2.75, 3.05) is 12.3 Å². The van der Waals surface area contributed by atoms with Crippen LogP contribution in [0, 0.1) is 17.1 Å². The number of fused-ring (bicyclic) bond motifs is 1. The number of alkyl halides is 1. The standard InChI is InChI=1S/C13H11Cl2FN4O4/c14-2-1-13(15)8(22)6(4-21)24-11(13)20-3-5(16)7-9(20)18-12(17)19-10(7)23/h3,6,8,11,21-22H,4H2,(H3,17,18,19,23)/t6-,8+,11-,13?/m1/s1. The van der Waals surface area contributed by atoms with Crippen molar-refractivity contribution in [3.8, 4) is 11.3 Å². The fourth-order valence-corrected chi connectivity index (χ4v) is 3.23. The maximum atomic E-state index is 14.2. The second-order valence-electron chi connectivity index (χ2n) is 5.18. The number of nitrogen functional groups attached to an aromatic ring is 1. The molecule has 0 aliphatic carbocycles. The molecule has 1 saturated heterocycles. The van der Waals surface area contributed by atoms with Crippen molar-refractivity contribution in [2.24, 2.45) is 0 Å². The molecule has 1 aliphatic rings. The summed E-state index contributed by atoms with van der Waals surface area (Å²) in [6.07, 6.45) is -2.88. The highest BCUT2D eigenvalue weighted by atomic mass is 35.5. The lowest BCUT2D eigenvalue weighted by Gasteiger charge is -2.25. The van der Waals surface area contributed by atoms with Gasteiger partial charge in [0.25, 0.3) is 5.56 Å². The quantitative estimate of drug-likeness (QED) is 0.427. The number of aliphatic hydroxyl groups is 2. The van der Waals surface area contributed by atoms with Gasteiger partial charge in [-0.25, -0.2) is 4.39 Å². The number of hydrogen-bond acceptors (Lipinski definition) is 6. The molecule has 1 unspecified atom stereocenters. The average Bonchev–Trinajstić information content (AvgIpc) is 2.96. The monoisotopic (exact) mass is 376 g/mol. The molecule has 1 fully saturated rings. The maximum absolute atomic E-state index is 14.2. The molecule has 128 valence electrons. The van der Waals surface area contributed by atoms with Gasteiger partial charge in [0.1, 0.15) is 17.6 Å². The van der Waals surface area contributed by atoms with Crippen LogP contribution in [0.4, 0.5) is 10.3 Å². The summed E-state index contributed by atoms with van der Waals surface area (Å²) in [5, 5.41) is 21.3. The van der Waals surface area contributed by atoms with Crippen LogP contribution in [0.5, 0.6) is 0 Å². The Balaban J connectivity index is 2.26. The molecule has 2 aromatic rings. The predicted molar refractivity (Wildman–Crippen MR) is 83.9 cm³/mol. The smallest absolute Gasteiger partial charge is 0.264 e. The zero-order valence-electron chi connectivity index (χ0n) is 11.8. The van der Waals surface area contributed by atoms with E-state index in [9.17, 15) is 19.4 Å². The molecule has 1 aliphatic heterocycles. The van der Waals surface area contributed by atoms with Gasteiger partial charge in [-0.15, -0.1) is 0 Å². The van der Waals surface area contributed by atoms with E-state index in [1.165, 1.54) is 0 Å². The number of ether oxygens (including phenoxy) is 1. The van der Waals surface area contributed by atoms with Gasteiger partial charge in [0, 0.05) is 11.6 Å². The highest BCUT2D eigenvalue weighted by Crippen LogP contribution is 2.44. The predicted octanol–water partition coefficient (Wildman–Crippen LogP) is -0.126. The Bertz CT molecular complexity index is 920. The second kappa shape index (κ2) is 5.91. The first kappa shape index (κ1) is 17.0. The molecular formula is C13H11Cl2FN4O4. The second-order valence-corrected chi connectivity index (χ2v) is 5.99. The van der Waals surface area contributed by atoms with Crippen LogP contribution in [0.25, 0.3) is 11.0 Å². The molecule has 5 N–H and O–H groups in total. The fraction of sp³-hybridized carbons (Fsp3) is 0.385. The maximum Gasteiger partial charge on any atom is 0.264 e. The van der Waals surface area contributed by atoms with Gasteiger partial charge >= 0.3 is 0 Å². The molecule has 24 heavy (non-hydrogen) atoms. The summed E-state index contributed by atoms with van der Waals surface area (Å²) in [6, 6.07) is 0. The van der Waals surface area contributed by atoms with Crippen molar-refractivity contribution in [3.05, 3.63) is 22.4 Å². The van der Waals surface area contributed by atoms with Gasteiger partial charge in [0.15, 0.2) is 22.6 Å². The molecule has 3 rings (SSSR count). The van der Waals surface area contributed by atoms with Gasteiger partial charge in [0.2, 0.25) is 5.95 Å². The third kappa shape index (κ3) is 2.35. The number of aromatic nitrogens is 3. The number of aromatic amines is 1. The van der Waals surface area contributed by atoms with Gasteiger partial charge in [-0.1, -0.05) is 17.5 Å². The van der Waals surface area contributed by atoms with Crippen molar-refractivity contribution in [2.45, 2.75) is 23.3 Å². The van der Waals surface area contributed by atoms with Gasteiger partial charge < -0.3 is 20.7 Å². The number of nitrogens with zero attached hydrogens (tertiary/aromatic N) is 2. The molecule has 0 saturated carbocycles. The third-order valence-electron chi connectivity index (χ3n) is 3.77. The van der Waals surface area contributed by atoms with Crippen molar-refractivity contribution < 1.29 is 19.3 Å². The lowest BCUT2D eigenvalue weighted by Crippen LogP contribution is -2.41. The molecule has 2 aromatic heterocycles. The summed E-state index contributed by atoms with van der Waals surface area (Å²) in [6.45, 7) is -0.562. The lowest BCUT2D eigenvalue weighted by molar-refractivity contribution is -0.0436. The van der Waals surface area contributed by atoms with E-state index in [1.807, 2.05) is 0 Å². The van der Waals surface area contributed by atoms with Gasteiger partial charge in [0.05, 0.1) is 6.61 Å². The number of nitrogens with two attached hydrogens (primary N) is 1. The van der Waals surface area contributed by atoms with Crippen LogP contribution in [0.2, 0.25) is 0 Å². The number of rotatable bonds is 2.